The molecule has 5 N–H and O–H groups in total. The summed E-state index contributed by atoms with van der Waals surface area (Å²) in [5, 5.41) is 38.3. The van der Waals surface area contributed by atoms with Gasteiger partial charge < -0.3 is 30.1 Å². The lowest BCUT2D eigenvalue weighted by atomic mass is 10.1. The fourth-order valence-electron chi connectivity index (χ4n) is 1.80. The first kappa shape index (κ1) is 15.3. The Morgan fingerprint density at radius 1 is 1.24 bits per heavy atom. The highest BCUT2D eigenvalue weighted by molar-refractivity contribution is 5.75. The van der Waals surface area contributed by atoms with E-state index in [2.05, 4.69) is 14.7 Å². The molecule has 0 bridgehead atoms. The first-order valence-corrected chi connectivity index (χ1v) is 5.90. The number of carbonyl (C=O) groups is 1. The molecule has 0 aliphatic carbocycles. The normalized spacial score (nSPS) is 17.2. The van der Waals surface area contributed by atoms with Crippen LogP contribution in [0.3, 0.4) is 0 Å². The van der Waals surface area contributed by atoms with Gasteiger partial charge in [0.05, 0.1) is 11.0 Å². The van der Waals surface area contributed by atoms with Gasteiger partial charge in [-0.15, -0.1) is 0 Å². The van der Waals surface area contributed by atoms with E-state index in [4.69, 9.17) is 0 Å². The van der Waals surface area contributed by atoms with E-state index < -0.39 is 30.4 Å². The summed E-state index contributed by atoms with van der Waals surface area (Å²) in [7, 11) is 0. The molecular weight excluding hydrogens is 287 g/mol. The number of imidazole rings is 1. The largest absolute Gasteiger partial charge is 0.435 e. The van der Waals surface area contributed by atoms with Gasteiger partial charge in [0.25, 0.3) is 6.47 Å². The number of ether oxygens (including phenoxy) is 1. The van der Waals surface area contributed by atoms with Gasteiger partial charge in [0.1, 0.15) is 30.0 Å². The van der Waals surface area contributed by atoms with Gasteiger partial charge in [0.2, 0.25) is 6.29 Å². The minimum Gasteiger partial charge on any atom is -0.435 e. The van der Waals surface area contributed by atoms with Crippen molar-refractivity contribution in [1.29, 1.82) is 0 Å². The van der Waals surface area contributed by atoms with E-state index in [-0.39, 0.29) is 17.8 Å². The molecule has 2 rings (SSSR count). The van der Waals surface area contributed by atoms with Gasteiger partial charge in [0, 0.05) is 0 Å². The average molecular weight is 300 g/mol. The van der Waals surface area contributed by atoms with Crippen LogP contribution in [0.2, 0.25) is 0 Å². The van der Waals surface area contributed by atoms with Crippen molar-refractivity contribution in [2.45, 2.75) is 24.6 Å². The maximum Gasteiger partial charge on any atom is 0.295 e. The van der Waals surface area contributed by atoms with Gasteiger partial charge in [-0.1, -0.05) is 0 Å². The Hall–Kier alpha value is -2.07. The van der Waals surface area contributed by atoms with Crippen molar-refractivity contribution < 1.29 is 34.3 Å². The highest BCUT2D eigenvalue weighted by atomic mass is 19.1. The molecule has 0 aliphatic heterocycles. The van der Waals surface area contributed by atoms with Crippen molar-refractivity contribution in [3.05, 3.63) is 29.8 Å². The van der Waals surface area contributed by atoms with Gasteiger partial charge in [-0.3, -0.25) is 4.79 Å². The van der Waals surface area contributed by atoms with Crippen LogP contribution in [0.25, 0.3) is 11.0 Å². The summed E-state index contributed by atoms with van der Waals surface area (Å²) in [6.45, 7) is -0.114. The number of fused-ring (bicyclic) bond motifs is 1. The van der Waals surface area contributed by atoms with E-state index in [1.165, 1.54) is 12.1 Å². The number of nitrogens with one attached hydrogen (secondary N) is 1. The third-order valence-electron chi connectivity index (χ3n) is 2.90. The second-order valence-corrected chi connectivity index (χ2v) is 4.33. The predicted molar refractivity (Wildman–Crippen MR) is 66.2 cm³/mol. The van der Waals surface area contributed by atoms with Crippen LogP contribution >= 0.6 is 0 Å². The number of carbonyl (C=O) groups excluding carboxylic acids is 1. The summed E-state index contributed by atoms with van der Waals surface area (Å²) >= 11 is 0. The Bertz CT molecular complexity index is 633. The number of benzene rings is 1. The highest BCUT2D eigenvalue weighted by Crippen LogP contribution is 2.21. The zero-order valence-electron chi connectivity index (χ0n) is 10.5. The zero-order valence-corrected chi connectivity index (χ0v) is 10.5. The number of halogens is 1. The van der Waals surface area contributed by atoms with Crippen molar-refractivity contribution >= 4 is 17.5 Å². The van der Waals surface area contributed by atoms with E-state index >= 15 is 0 Å². The second kappa shape index (κ2) is 6.14. The fraction of sp³-hybridized carbons (Fsp3) is 0.333. The summed E-state index contributed by atoms with van der Waals surface area (Å²) < 4.78 is 17.1. The van der Waals surface area contributed by atoms with Crippen molar-refractivity contribution in [2.75, 3.05) is 0 Å². The number of aliphatic hydroxyl groups excluding tert-OH is 4. The van der Waals surface area contributed by atoms with Crippen molar-refractivity contribution in [1.82, 2.24) is 9.97 Å². The molecule has 0 fully saturated rings. The molecular formula is C12H13FN2O6. The summed E-state index contributed by atoms with van der Waals surface area (Å²) in [5.41, 5.74) is 0.632. The van der Waals surface area contributed by atoms with Gasteiger partial charge in [-0.05, 0) is 18.2 Å². The molecule has 114 valence electrons. The van der Waals surface area contributed by atoms with Crippen LogP contribution in [0.1, 0.15) is 11.9 Å². The van der Waals surface area contributed by atoms with E-state index in [1.54, 1.807) is 0 Å². The maximum atomic E-state index is 13.0. The predicted octanol–water partition coefficient (Wildman–Crippen LogP) is -1.05. The Morgan fingerprint density at radius 3 is 2.62 bits per heavy atom. The number of hydrogen-bond acceptors (Lipinski definition) is 7. The quantitative estimate of drug-likeness (QED) is 0.339. The van der Waals surface area contributed by atoms with Crippen LogP contribution in [0.15, 0.2) is 18.2 Å². The number of aliphatic hydroxyl groups is 4. The van der Waals surface area contributed by atoms with E-state index in [1.807, 2.05) is 0 Å². The lowest BCUT2D eigenvalue weighted by Crippen LogP contribution is -2.42. The highest BCUT2D eigenvalue weighted by Gasteiger charge is 2.33. The smallest absolute Gasteiger partial charge is 0.295 e. The molecule has 21 heavy (non-hydrogen) atoms. The average Bonchev–Trinajstić information content (AvgIpc) is 2.88. The molecule has 0 amide bonds. The van der Waals surface area contributed by atoms with Crippen LogP contribution in [-0.4, -0.2) is 55.4 Å². The Balaban J connectivity index is 2.20. The molecule has 8 nitrogen and oxygen atoms in total. The zero-order chi connectivity index (χ0) is 15.6. The summed E-state index contributed by atoms with van der Waals surface area (Å²) in [6, 6.07) is 3.68. The first-order valence-electron chi connectivity index (χ1n) is 5.90. The summed E-state index contributed by atoms with van der Waals surface area (Å²) in [6.07, 6.45) is -7.55. The van der Waals surface area contributed by atoms with Crippen LogP contribution in [0, 0.1) is 5.82 Å². The molecule has 4 atom stereocenters. The third kappa shape index (κ3) is 3.16. The molecule has 2 unspecified atom stereocenters. The van der Waals surface area contributed by atoms with Gasteiger partial charge >= 0.3 is 0 Å². The molecule has 0 radical (unpaired) electrons. The van der Waals surface area contributed by atoms with Crippen molar-refractivity contribution in [3.8, 4) is 0 Å². The minimum atomic E-state index is -2.01. The lowest BCUT2D eigenvalue weighted by Gasteiger charge is -2.24. The topological polar surface area (TPSA) is 136 Å². The molecule has 1 aromatic heterocycles. The Labute approximate surface area is 117 Å². The molecule has 1 heterocycles. The standard InChI is InChI=1S/C12H13FN2O6/c13-5-1-2-6-7(3-5)15-11(14-6)9(18)8(17)10(19)12(20)21-4-16/h1-4,8-10,12,17-20H,(H,14,15)/t8-,9?,10+,12?/m1/s1. The molecule has 9 heteroatoms. The molecule has 0 saturated heterocycles. The number of H-pyrrole nitrogens is 1. The first-order chi connectivity index (χ1) is 9.93. The van der Waals surface area contributed by atoms with E-state index in [9.17, 15) is 29.6 Å². The van der Waals surface area contributed by atoms with Gasteiger partial charge in [0.15, 0.2) is 0 Å². The molecule has 2 aromatic rings. The molecule has 1 aromatic carbocycles. The van der Waals surface area contributed by atoms with Gasteiger partial charge in [-0.2, -0.15) is 0 Å². The Morgan fingerprint density at radius 2 is 1.95 bits per heavy atom. The number of rotatable bonds is 6. The van der Waals surface area contributed by atoms with Crippen LogP contribution < -0.4 is 0 Å². The molecule has 0 spiro atoms. The second-order valence-electron chi connectivity index (χ2n) is 4.33. The van der Waals surface area contributed by atoms with Crippen molar-refractivity contribution in [2.24, 2.45) is 0 Å². The summed E-state index contributed by atoms with van der Waals surface area (Å²) in [5.74, 6) is -0.650. The lowest BCUT2D eigenvalue weighted by molar-refractivity contribution is -0.198. The molecule has 0 aliphatic rings. The maximum absolute atomic E-state index is 13.0. The van der Waals surface area contributed by atoms with E-state index in [0.717, 1.165) is 6.07 Å². The van der Waals surface area contributed by atoms with Crippen LogP contribution in [0.5, 0.6) is 0 Å². The third-order valence-corrected chi connectivity index (χ3v) is 2.90. The number of aromatic amines is 1. The van der Waals surface area contributed by atoms with Crippen LogP contribution in [-0.2, 0) is 9.53 Å². The minimum absolute atomic E-state index is 0.114. The van der Waals surface area contributed by atoms with E-state index in [0.29, 0.717) is 5.52 Å². The monoisotopic (exact) mass is 300 g/mol. The summed E-state index contributed by atoms with van der Waals surface area (Å²) in [4.78, 5) is 16.5. The number of hydrogen-bond donors (Lipinski definition) is 5. The van der Waals surface area contributed by atoms with Crippen molar-refractivity contribution in [3.63, 3.8) is 0 Å². The number of nitrogens with zero attached hydrogens (tertiary/aromatic N) is 1. The van der Waals surface area contributed by atoms with Crippen LogP contribution in [0.4, 0.5) is 4.39 Å². The molecule has 0 saturated carbocycles. The van der Waals surface area contributed by atoms with Gasteiger partial charge in [-0.25, -0.2) is 9.37 Å². The fourth-order valence-corrected chi connectivity index (χ4v) is 1.80. The Kier molecular flexibility index (Phi) is 4.48. The SMILES string of the molecule is O=COC(O)[C@@H](O)[C@H](O)C(O)c1nc2ccc(F)cc2[nH]1. The number of aromatic nitrogens is 2.